The number of benzene rings is 1. The first-order chi connectivity index (χ1) is 10.3. The van der Waals surface area contributed by atoms with Crippen LogP contribution in [0.1, 0.15) is 16.8 Å². The van der Waals surface area contributed by atoms with Gasteiger partial charge in [-0.15, -0.1) is 0 Å². The number of nitrogens with two attached hydrogens (primary N) is 1. The SMILES string of the molecule is Cc1ccccc1CCc1[nH]nc(N)c1-c1ccncc1. The quantitative estimate of drug-likeness (QED) is 0.770. The first-order valence-corrected chi connectivity index (χ1v) is 7.03. The highest BCUT2D eigenvalue weighted by Crippen LogP contribution is 2.28. The standard InChI is InChI=1S/C17H18N4/c1-12-4-2-3-5-13(12)6-7-15-16(17(18)21-20-15)14-8-10-19-11-9-14/h2-5,8-11H,6-7H2,1H3,(H3,18,20,21). The van der Waals surface area contributed by atoms with Gasteiger partial charge in [0, 0.05) is 23.7 Å². The van der Waals surface area contributed by atoms with Crippen molar-refractivity contribution in [2.75, 3.05) is 5.73 Å². The maximum absolute atomic E-state index is 6.01. The van der Waals surface area contributed by atoms with Crippen molar-refractivity contribution in [3.8, 4) is 11.1 Å². The molecule has 3 aromatic rings. The molecule has 0 unspecified atom stereocenters. The largest absolute Gasteiger partial charge is 0.382 e. The molecule has 0 radical (unpaired) electrons. The van der Waals surface area contributed by atoms with E-state index in [1.165, 1.54) is 11.1 Å². The molecule has 0 fully saturated rings. The normalized spacial score (nSPS) is 10.7. The molecule has 4 heteroatoms. The number of aromatic amines is 1. The minimum atomic E-state index is 0.543. The zero-order valence-corrected chi connectivity index (χ0v) is 12.0. The maximum Gasteiger partial charge on any atom is 0.153 e. The summed E-state index contributed by atoms with van der Waals surface area (Å²) in [5, 5.41) is 7.23. The summed E-state index contributed by atoms with van der Waals surface area (Å²) < 4.78 is 0. The third-order valence-electron chi connectivity index (χ3n) is 3.74. The molecule has 3 rings (SSSR count). The van der Waals surface area contributed by atoms with E-state index in [1.807, 2.05) is 12.1 Å². The van der Waals surface area contributed by atoms with Crippen LogP contribution in [0.5, 0.6) is 0 Å². The number of nitrogen functional groups attached to an aromatic ring is 1. The van der Waals surface area contributed by atoms with Crippen molar-refractivity contribution in [3.63, 3.8) is 0 Å². The number of aryl methyl sites for hydroxylation is 3. The van der Waals surface area contributed by atoms with Crippen LogP contribution in [0, 0.1) is 6.92 Å². The summed E-state index contributed by atoms with van der Waals surface area (Å²) in [6.07, 6.45) is 5.39. The third-order valence-corrected chi connectivity index (χ3v) is 3.74. The fraction of sp³-hybridized carbons (Fsp3) is 0.176. The van der Waals surface area contributed by atoms with Gasteiger partial charge in [-0.25, -0.2) is 0 Å². The number of pyridine rings is 1. The van der Waals surface area contributed by atoms with E-state index >= 15 is 0 Å². The Hall–Kier alpha value is -2.62. The van der Waals surface area contributed by atoms with E-state index in [-0.39, 0.29) is 0 Å². The first kappa shape index (κ1) is 13.4. The Morgan fingerprint density at radius 2 is 1.81 bits per heavy atom. The molecule has 0 spiro atoms. The highest BCUT2D eigenvalue weighted by Gasteiger charge is 2.13. The number of hydrogen-bond donors (Lipinski definition) is 2. The molecule has 0 aliphatic heterocycles. The smallest absolute Gasteiger partial charge is 0.153 e. The van der Waals surface area contributed by atoms with Gasteiger partial charge in [-0.05, 0) is 48.6 Å². The summed E-state index contributed by atoms with van der Waals surface area (Å²) in [6, 6.07) is 12.4. The minimum Gasteiger partial charge on any atom is -0.382 e. The summed E-state index contributed by atoms with van der Waals surface area (Å²) in [5.74, 6) is 0.543. The van der Waals surface area contributed by atoms with Gasteiger partial charge >= 0.3 is 0 Å². The van der Waals surface area contributed by atoms with Crippen molar-refractivity contribution in [1.82, 2.24) is 15.2 Å². The van der Waals surface area contributed by atoms with Crippen LogP contribution in [-0.4, -0.2) is 15.2 Å². The minimum absolute atomic E-state index is 0.543. The van der Waals surface area contributed by atoms with E-state index in [0.29, 0.717) is 5.82 Å². The molecule has 106 valence electrons. The van der Waals surface area contributed by atoms with E-state index in [9.17, 15) is 0 Å². The molecular formula is C17H18N4. The lowest BCUT2D eigenvalue weighted by atomic mass is 9.99. The predicted octanol–water partition coefficient (Wildman–Crippen LogP) is 3.15. The lowest BCUT2D eigenvalue weighted by Crippen LogP contribution is -1.96. The van der Waals surface area contributed by atoms with Crippen molar-refractivity contribution >= 4 is 5.82 Å². The van der Waals surface area contributed by atoms with Crippen LogP contribution in [0.25, 0.3) is 11.1 Å². The first-order valence-electron chi connectivity index (χ1n) is 7.03. The van der Waals surface area contributed by atoms with Gasteiger partial charge in [-0.3, -0.25) is 10.1 Å². The number of rotatable bonds is 4. The van der Waals surface area contributed by atoms with Gasteiger partial charge < -0.3 is 5.73 Å². The molecule has 0 saturated heterocycles. The summed E-state index contributed by atoms with van der Waals surface area (Å²) in [4.78, 5) is 4.05. The number of nitrogens with zero attached hydrogens (tertiary/aromatic N) is 2. The second-order valence-corrected chi connectivity index (χ2v) is 5.12. The summed E-state index contributed by atoms with van der Waals surface area (Å²) >= 11 is 0. The van der Waals surface area contributed by atoms with Crippen molar-refractivity contribution in [3.05, 3.63) is 65.6 Å². The molecule has 2 heterocycles. The van der Waals surface area contributed by atoms with Gasteiger partial charge in [0.25, 0.3) is 0 Å². The van der Waals surface area contributed by atoms with Crippen molar-refractivity contribution < 1.29 is 0 Å². The molecule has 0 atom stereocenters. The number of aromatic nitrogens is 3. The monoisotopic (exact) mass is 278 g/mol. The molecule has 0 saturated carbocycles. The maximum atomic E-state index is 6.01. The van der Waals surface area contributed by atoms with Crippen LogP contribution in [0.15, 0.2) is 48.8 Å². The third kappa shape index (κ3) is 2.79. The van der Waals surface area contributed by atoms with E-state index in [0.717, 1.165) is 29.7 Å². The van der Waals surface area contributed by atoms with E-state index in [4.69, 9.17) is 5.73 Å². The molecule has 0 aliphatic carbocycles. The number of nitrogens with one attached hydrogen (secondary N) is 1. The van der Waals surface area contributed by atoms with Gasteiger partial charge in [0.05, 0.1) is 0 Å². The Balaban J connectivity index is 1.86. The van der Waals surface area contributed by atoms with E-state index in [1.54, 1.807) is 12.4 Å². The fourth-order valence-electron chi connectivity index (χ4n) is 2.57. The van der Waals surface area contributed by atoms with Crippen LogP contribution in [0.4, 0.5) is 5.82 Å². The van der Waals surface area contributed by atoms with Crippen molar-refractivity contribution in [2.24, 2.45) is 0 Å². The Morgan fingerprint density at radius 3 is 2.57 bits per heavy atom. The van der Waals surface area contributed by atoms with Crippen LogP contribution in [0.3, 0.4) is 0 Å². The molecule has 21 heavy (non-hydrogen) atoms. The Kier molecular flexibility index (Phi) is 3.69. The molecule has 0 aliphatic rings. The summed E-state index contributed by atoms with van der Waals surface area (Å²) in [5.41, 5.74) is 11.8. The number of H-pyrrole nitrogens is 1. The van der Waals surface area contributed by atoms with Gasteiger partial charge in [0.1, 0.15) is 0 Å². The molecule has 3 N–H and O–H groups in total. The zero-order chi connectivity index (χ0) is 14.7. The van der Waals surface area contributed by atoms with Crippen LogP contribution in [0.2, 0.25) is 0 Å². The topological polar surface area (TPSA) is 67.6 Å². The molecule has 0 amide bonds. The lowest BCUT2D eigenvalue weighted by Gasteiger charge is -2.07. The van der Waals surface area contributed by atoms with Gasteiger partial charge in [-0.2, -0.15) is 5.10 Å². The number of anilines is 1. The molecule has 0 bridgehead atoms. The lowest BCUT2D eigenvalue weighted by molar-refractivity contribution is 0.889. The second-order valence-electron chi connectivity index (χ2n) is 5.12. The van der Waals surface area contributed by atoms with Crippen LogP contribution >= 0.6 is 0 Å². The predicted molar refractivity (Wildman–Crippen MR) is 84.8 cm³/mol. The Bertz CT molecular complexity index is 732. The Labute approximate surface area is 124 Å². The van der Waals surface area contributed by atoms with Crippen molar-refractivity contribution in [1.29, 1.82) is 0 Å². The zero-order valence-electron chi connectivity index (χ0n) is 12.0. The molecular weight excluding hydrogens is 260 g/mol. The summed E-state index contributed by atoms with van der Waals surface area (Å²) in [7, 11) is 0. The van der Waals surface area contributed by atoms with Gasteiger partial charge in [0.15, 0.2) is 5.82 Å². The van der Waals surface area contributed by atoms with Gasteiger partial charge in [-0.1, -0.05) is 24.3 Å². The highest BCUT2D eigenvalue weighted by molar-refractivity contribution is 5.75. The average Bonchev–Trinajstić information content (AvgIpc) is 2.88. The van der Waals surface area contributed by atoms with E-state index < -0.39 is 0 Å². The Morgan fingerprint density at radius 1 is 1.05 bits per heavy atom. The summed E-state index contributed by atoms with van der Waals surface area (Å²) in [6.45, 7) is 2.14. The molecule has 2 aromatic heterocycles. The van der Waals surface area contributed by atoms with Crippen molar-refractivity contribution in [2.45, 2.75) is 19.8 Å². The fourth-order valence-corrected chi connectivity index (χ4v) is 2.57. The average molecular weight is 278 g/mol. The molecule has 4 nitrogen and oxygen atoms in total. The molecule has 1 aromatic carbocycles. The van der Waals surface area contributed by atoms with Crippen LogP contribution < -0.4 is 5.73 Å². The highest BCUT2D eigenvalue weighted by atomic mass is 15.2. The van der Waals surface area contributed by atoms with Crippen LogP contribution in [-0.2, 0) is 12.8 Å². The second kappa shape index (κ2) is 5.79. The number of hydrogen-bond acceptors (Lipinski definition) is 3. The van der Waals surface area contributed by atoms with E-state index in [2.05, 4.69) is 46.4 Å². The van der Waals surface area contributed by atoms with Gasteiger partial charge in [0.2, 0.25) is 0 Å².